The molecule has 2 heterocycles. The summed E-state index contributed by atoms with van der Waals surface area (Å²) in [7, 11) is -3.55. The average molecular weight is 456 g/mol. The minimum atomic E-state index is -3.55. The largest absolute Gasteiger partial charge is 0.348 e. The lowest BCUT2D eigenvalue weighted by atomic mass is 10.0. The van der Waals surface area contributed by atoms with E-state index in [0.717, 1.165) is 43.6 Å². The summed E-state index contributed by atoms with van der Waals surface area (Å²) in [4.78, 5) is 15.7. The second-order valence-electron chi connectivity index (χ2n) is 8.88. The zero-order valence-corrected chi connectivity index (χ0v) is 19.7. The van der Waals surface area contributed by atoms with Gasteiger partial charge in [0, 0.05) is 31.7 Å². The molecule has 0 aliphatic carbocycles. The van der Waals surface area contributed by atoms with Crippen molar-refractivity contribution in [2.45, 2.75) is 57.0 Å². The van der Waals surface area contributed by atoms with E-state index >= 15 is 0 Å². The van der Waals surface area contributed by atoms with E-state index in [0.29, 0.717) is 25.2 Å². The number of nitrogens with zero attached hydrogens (tertiary/aromatic N) is 2. The summed E-state index contributed by atoms with van der Waals surface area (Å²) < 4.78 is 27.4. The molecule has 0 atom stereocenters. The van der Waals surface area contributed by atoms with Crippen molar-refractivity contribution in [3.8, 4) is 0 Å². The molecular formula is C25H33N3O3S. The Morgan fingerprint density at radius 1 is 0.906 bits per heavy atom. The average Bonchev–Trinajstić information content (AvgIpc) is 3.35. The molecule has 2 aromatic carbocycles. The number of sulfonamides is 1. The maximum absolute atomic E-state index is 13.0. The zero-order chi connectivity index (χ0) is 22.6. The van der Waals surface area contributed by atoms with E-state index in [1.807, 2.05) is 19.1 Å². The lowest BCUT2D eigenvalue weighted by Crippen LogP contribution is -2.30. The number of piperidine rings is 1. The second-order valence-corrected chi connectivity index (χ2v) is 10.8. The van der Waals surface area contributed by atoms with Gasteiger partial charge in [0.15, 0.2) is 0 Å². The van der Waals surface area contributed by atoms with Crippen LogP contribution in [0.15, 0.2) is 47.4 Å². The first-order valence-corrected chi connectivity index (χ1v) is 13.1. The van der Waals surface area contributed by atoms with E-state index in [-0.39, 0.29) is 10.8 Å². The maximum Gasteiger partial charge on any atom is 0.251 e. The number of rotatable bonds is 7. The molecule has 0 saturated carbocycles. The Morgan fingerprint density at radius 3 is 2.28 bits per heavy atom. The van der Waals surface area contributed by atoms with Crippen LogP contribution in [0.2, 0.25) is 0 Å². The van der Waals surface area contributed by atoms with Gasteiger partial charge in [-0.15, -0.1) is 0 Å². The van der Waals surface area contributed by atoms with Crippen molar-refractivity contribution in [1.82, 2.24) is 14.5 Å². The summed E-state index contributed by atoms with van der Waals surface area (Å²) in [5.74, 6) is -0.242. The lowest BCUT2D eigenvalue weighted by Gasteiger charge is -2.27. The van der Waals surface area contributed by atoms with Crippen LogP contribution >= 0.6 is 0 Å². The Bertz CT molecular complexity index is 1060. The minimum absolute atomic E-state index is 0.195. The van der Waals surface area contributed by atoms with Crippen molar-refractivity contribution in [2.24, 2.45) is 0 Å². The van der Waals surface area contributed by atoms with Gasteiger partial charge in [-0.25, -0.2) is 8.42 Å². The minimum Gasteiger partial charge on any atom is -0.348 e. The second kappa shape index (κ2) is 10.1. The fourth-order valence-corrected chi connectivity index (χ4v) is 6.14. The molecule has 0 aromatic heterocycles. The van der Waals surface area contributed by atoms with E-state index in [2.05, 4.69) is 22.3 Å². The highest BCUT2D eigenvalue weighted by Gasteiger charge is 2.28. The highest BCUT2D eigenvalue weighted by Crippen LogP contribution is 2.23. The first kappa shape index (κ1) is 23.0. The molecule has 0 bridgehead atoms. The first-order chi connectivity index (χ1) is 15.4. The molecular weight excluding hydrogens is 422 g/mol. The molecule has 172 valence electrons. The number of hydrogen-bond donors (Lipinski definition) is 1. The summed E-state index contributed by atoms with van der Waals surface area (Å²) in [5, 5.41) is 3.02. The molecule has 2 aromatic rings. The number of carbonyl (C=O) groups is 1. The maximum atomic E-state index is 13.0. The van der Waals surface area contributed by atoms with Crippen molar-refractivity contribution < 1.29 is 13.2 Å². The van der Waals surface area contributed by atoms with E-state index in [9.17, 15) is 13.2 Å². The Balaban J connectivity index is 1.47. The molecule has 2 saturated heterocycles. The fourth-order valence-electron chi connectivity index (χ4n) is 4.60. The molecule has 32 heavy (non-hydrogen) atoms. The zero-order valence-electron chi connectivity index (χ0n) is 18.8. The summed E-state index contributed by atoms with van der Waals surface area (Å²) in [5.41, 5.74) is 3.52. The van der Waals surface area contributed by atoms with Gasteiger partial charge < -0.3 is 5.32 Å². The molecule has 2 aliphatic rings. The van der Waals surface area contributed by atoms with Gasteiger partial charge in [0.25, 0.3) is 5.91 Å². The van der Waals surface area contributed by atoms with Crippen molar-refractivity contribution in [3.63, 3.8) is 0 Å². The number of benzene rings is 2. The molecule has 0 unspecified atom stereocenters. The van der Waals surface area contributed by atoms with Gasteiger partial charge in [0.2, 0.25) is 10.0 Å². The van der Waals surface area contributed by atoms with Crippen LogP contribution in [0.5, 0.6) is 0 Å². The van der Waals surface area contributed by atoms with Crippen molar-refractivity contribution in [2.75, 3.05) is 26.2 Å². The molecule has 0 radical (unpaired) electrons. The first-order valence-electron chi connectivity index (χ1n) is 11.6. The third-order valence-corrected chi connectivity index (χ3v) is 8.45. The van der Waals surface area contributed by atoms with E-state index < -0.39 is 10.0 Å². The highest BCUT2D eigenvalue weighted by molar-refractivity contribution is 7.89. The smallest absolute Gasteiger partial charge is 0.251 e. The fraction of sp³-hybridized carbons (Fsp3) is 0.480. The Kier molecular flexibility index (Phi) is 7.28. The number of nitrogens with one attached hydrogen (secondary N) is 1. The van der Waals surface area contributed by atoms with Gasteiger partial charge in [0.1, 0.15) is 0 Å². The molecule has 1 N–H and O–H groups in total. The van der Waals surface area contributed by atoms with Gasteiger partial charge >= 0.3 is 0 Å². The van der Waals surface area contributed by atoms with E-state index in [1.54, 1.807) is 12.1 Å². The van der Waals surface area contributed by atoms with Gasteiger partial charge in [-0.2, -0.15) is 4.31 Å². The third-order valence-electron chi connectivity index (χ3n) is 6.56. The number of likely N-dealkylation sites (tertiary alicyclic amines) is 1. The lowest BCUT2D eigenvalue weighted by molar-refractivity contribution is 0.0950. The standard InChI is InChI=1S/C25H33N3O3S/c1-20-11-12-23(32(30,31)28-15-7-8-16-28)17-24(20)25(29)26-18-21-9-3-4-10-22(21)19-27-13-5-2-6-14-27/h3-4,9-12,17H,2,5-8,13-16,18-19H2,1H3,(H,26,29). The molecule has 4 rings (SSSR count). The molecule has 2 fully saturated rings. The monoisotopic (exact) mass is 455 g/mol. The van der Waals surface area contributed by atoms with Crippen LogP contribution in [0.3, 0.4) is 0 Å². The number of carbonyl (C=O) groups excluding carboxylic acids is 1. The van der Waals surface area contributed by atoms with Crippen LogP contribution in [-0.2, 0) is 23.1 Å². The van der Waals surface area contributed by atoms with Crippen LogP contribution in [0.4, 0.5) is 0 Å². The summed E-state index contributed by atoms with van der Waals surface area (Å²) in [6.45, 7) is 6.50. The van der Waals surface area contributed by atoms with Crippen LogP contribution in [0.1, 0.15) is 59.2 Å². The predicted octanol–water partition coefficient (Wildman–Crippen LogP) is 3.70. The van der Waals surface area contributed by atoms with Crippen molar-refractivity contribution in [3.05, 3.63) is 64.7 Å². The SMILES string of the molecule is Cc1ccc(S(=O)(=O)N2CCCC2)cc1C(=O)NCc1ccccc1CN1CCCCC1. The molecule has 7 heteroatoms. The molecule has 2 aliphatic heterocycles. The third kappa shape index (κ3) is 5.22. The van der Waals surface area contributed by atoms with Gasteiger partial charge in [-0.3, -0.25) is 9.69 Å². The number of hydrogen-bond acceptors (Lipinski definition) is 4. The van der Waals surface area contributed by atoms with Gasteiger partial charge in [-0.05, 0) is 74.5 Å². The summed E-state index contributed by atoms with van der Waals surface area (Å²) in [6.07, 6.45) is 5.56. The van der Waals surface area contributed by atoms with Crippen LogP contribution in [-0.4, -0.2) is 49.7 Å². The number of amides is 1. The summed E-state index contributed by atoms with van der Waals surface area (Å²) >= 11 is 0. The molecule has 6 nitrogen and oxygen atoms in total. The van der Waals surface area contributed by atoms with E-state index in [4.69, 9.17) is 0 Å². The quantitative estimate of drug-likeness (QED) is 0.691. The summed E-state index contributed by atoms with van der Waals surface area (Å²) in [6, 6.07) is 13.1. The molecule has 0 spiro atoms. The topological polar surface area (TPSA) is 69.7 Å². The normalized spacial score (nSPS) is 18.0. The van der Waals surface area contributed by atoms with Crippen LogP contribution < -0.4 is 5.32 Å². The van der Waals surface area contributed by atoms with Gasteiger partial charge in [0.05, 0.1) is 4.90 Å². The van der Waals surface area contributed by atoms with Crippen LogP contribution in [0, 0.1) is 6.92 Å². The Labute approximate surface area is 191 Å². The predicted molar refractivity (Wildman–Crippen MR) is 126 cm³/mol. The Hall–Kier alpha value is -2.22. The molecule has 1 amide bonds. The Morgan fingerprint density at radius 2 is 1.56 bits per heavy atom. The van der Waals surface area contributed by atoms with Crippen molar-refractivity contribution in [1.29, 1.82) is 0 Å². The van der Waals surface area contributed by atoms with E-state index in [1.165, 1.54) is 35.2 Å². The number of aryl methyl sites for hydroxylation is 1. The van der Waals surface area contributed by atoms with Crippen molar-refractivity contribution >= 4 is 15.9 Å². The van der Waals surface area contributed by atoms with Crippen LogP contribution in [0.25, 0.3) is 0 Å². The highest BCUT2D eigenvalue weighted by atomic mass is 32.2. The van der Waals surface area contributed by atoms with Gasteiger partial charge in [-0.1, -0.05) is 36.8 Å².